The lowest BCUT2D eigenvalue weighted by Crippen LogP contribution is -2.17. The molecule has 1 aromatic carbocycles. The summed E-state index contributed by atoms with van der Waals surface area (Å²) >= 11 is 0. The predicted octanol–water partition coefficient (Wildman–Crippen LogP) is 1.91. The van der Waals surface area contributed by atoms with E-state index in [0.29, 0.717) is 18.2 Å². The standard InChI is InChI=1S/C14H17N5O3/c1-22-13-6-5-10(7-12(13)19(20)21)18-14(9-3-2-4-9)11(8-15)16-17-18/h5-7,9H,2-4,8,15H2,1H3. The highest BCUT2D eigenvalue weighted by Crippen LogP contribution is 2.39. The summed E-state index contributed by atoms with van der Waals surface area (Å²) in [5, 5.41) is 19.4. The number of rotatable bonds is 5. The van der Waals surface area contributed by atoms with Crippen LogP contribution in [0, 0.1) is 10.1 Å². The number of hydrogen-bond donors (Lipinski definition) is 1. The third-order valence-corrected chi connectivity index (χ3v) is 4.07. The average molecular weight is 303 g/mol. The zero-order valence-corrected chi connectivity index (χ0v) is 12.2. The minimum Gasteiger partial charge on any atom is -0.490 e. The smallest absolute Gasteiger partial charge is 0.313 e. The minimum absolute atomic E-state index is 0.0932. The Hall–Kier alpha value is -2.48. The SMILES string of the molecule is COc1ccc(-n2nnc(CN)c2C2CCC2)cc1[N+](=O)[O-]. The van der Waals surface area contributed by atoms with Crippen LogP contribution in [0.4, 0.5) is 5.69 Å². The molecule has 1 heterocycles. The van der Waals surface area contributed by atoms with E-state index < -0.39 is 4.92 Å². The van der Waals surface area contributed by atoms with Crippen LogP contribution in [0.1, 0.15) is 36.6 Å². The highest BCUT2D eigenvalue weighted by Gasteiger charge is 2.28. The number of benzene rings is 1. The fourth-order valence-electron chi connectivity index (χ4n) is 2.70. The van der Waals surface area contributed by atoms with Crippen LogP contribution in [0.2, 0.25) is 0 Å². The highest BCUT2D eigenvalue weighted by molar-refractivity contribution is 5.54. The lowest BCUT2D eigenvalue weighted by molar-refractivity contribution is -0.385. The molecule has 0 bridgehead atoms. The Morgan fingerprint density at radius 1 is 1.50 bits per heavy atom. The molecule has 1 fully saturated rings. The normalized spacial score (nSPS) is 14.6. The van der Waals surface area contributed by atoms with Crippen LogP contribution in [0.25, 0.3) is 5.69 Å². The van der Waals surface area contributed by atoms with Crippen molar-refractivity contribution >= 4 is 5.69 Å². The zero-order chi connectivity index (χ0) is 15.7. The van der Waals surface area contributed by atoms with E-state index in [2.05, 4.69) is 10.3 Å². The minimum atomic E-state index is -0.466. The Kier molecular flexibility index (Phi) is 3.76. The monoisotopic (exact) mass is 303 g/mol. The molecule has 2 N–H and O–H groups in total. The molecule has 3 rings (SSSR count). The van der Waals surface area contributed by atoms with Crippen molar-refractivity contribution in [2.24, 2.45) is 5.73 Å². The van der Waals surface area contributed by atoms with Gasteiger partial charge in [-0.3, -0.25) is 10.1 Å². The number of nitrogens with two attached hydrogens (primary N) is 1. The molecular weight excluding hydrogens is 286 g/mol. The van der Waals surface area contributed by atoms with Crippen LogP contribution in [0.3, 0.4) is 0 Å². The molecule has 0 radical (unpaired) electrons. The van der Waals surface area contributed by atoms with Crippen LogP contribution in [0.15, 0.2) is 18.2 Å². The molecular formula is C14H17N5O3. The summed E-state index contributed by atoms with van der Waals surface area (Å²) in [7, 11) is 1.41. The van der Waals surface area contributed by atoms with Gasteiger partial charge in [0, 0.05) is 18.5 Å². The summed E-state index contributed by atoms with van der Waals surface area (Å²) in [6.07, 6.45) is 3.31. The number of aromatic nitrogens is 3. The molecule has 0 saturated heterocycles. The first kappa shape index (κ1) is 14.5. The largest absolute Gasteiger partial charge is 0.490 e. The maximum atomic E-state index is 11.2. The molecule has 0 atom stereocenters. The molecule has 8 nitrogen and oxygen atoms in total. The van der Waals surface area contributed by atoms with Crippen molar-refractivity contribution in [3.63, 3.8) is 0 Å². The van der Waals surface area contributed by atoms with Gasteiger partial charge in [-0.15, -0.1) is 5.10 Å². The Morgan fingerprint density at radius 3 is 2.82 bits per heavy atom. The van der Waals surface area contributed by atoms with E-state index in [4.69, 9.17) is 10.5 Å². The van der Waals surface area contributed by atoms with Gasteiger partial charge < -0.3 is 10.5 Å². The number of nitro benzene ring substituents is 1. The molecule has 0 spiro atoms. The zero-order valence-electron chi connectivity index (χ0n) is 12.2. The molecule has 22 heavy (non-hydrogen) atoms. The van der Waals surface area contributed by atoms with Gasteiger partial charge in [0.25, 0.3) is 0 Å². The van der Waals surface area contributed by atoms with Crippen molar-refractivity contribution in [3.05, 3.63) is 39.7 Å². The summed E-state index contributed by atoms with van der Waals surface area (Å²) in [5.41, 5.74) is 7.96. The van der Waals surface area contributed by atoms with Crippen LogP contribution in [0.5, 0.6) is 5.75 Å². The van der Waals surface area contributed by atoms with E-state index in [1.807, 2.05) is 0 Å². The lowest BCUT2D eigenvalue weighted by atomic mass is 9.82. The van der Waals surface area contributed by atoms with Crippen molar-refractivity contribution in [1.82, 2.24) is 15.0 Å². The van der Waals surface area contributed by atoms with Gasteiger partial charge in [0.05, 0.1) is 23.4 Å². The number of ether oxygens (including phenoxy) is 1. The number of hydrogen-bond acceptors (Lipinski definition) is 6. The van der Waals surface area contributed by atoms with Gasteiger partial charge in [0.1, 0.15) is 5.69 Å². The summed E-state index contributed by atoms with van der Waals surface area (Å²) in [6, 6.07) is 4.76. The van der Waals surface area contributed by atoms with Gasteiger partial charge in [-0.2, -0.15) is 0 Å². The third-order valence-electron chi connectivity index (χ3n) is 4.07. The summed E-state index contributed by atoms with van der Waals surface area (Å²) in [4.78, 5) is 10.7. The van der Waals surface area contributed by atoms with Crippen LogP contribution >= 0.6 is 0 Å². The first-order chi connectivity index (χ1) is 10.7. The topological polar surface area (TPSA) is 109 Å². The molecule has 0 aliphatic heterocycles. The molecule has 2 aromatic rings. The first-order valence-electron chi connectivity index (χ1n) is 7.13. The van der Waals surface area contributed by atoms with Gasteiger partial charge >= 0.3 is 5.69 Å². The first-order valence-corrected chi connectivity index (χ1v) is 7.13. The molecule has 0 unspecified atom stereocenters. The van der Waals surface area contributed by atoms with Gasteiger partial charge in [0.15, 0.2) is 5.75 Å². The lowest BCUT2D eigenvalue weighted by Gasteiger charge is -2.26. The maximum Gasteiger partial charge on any atom is 0.313 e. The fraction of sp³-hybridized carbons (Fsp3) is 0.429. The number of methoxy groups -OCH3 is 1. The second-order valence-electron chi connectivity index (χ2n) is 5.28. The van der Waals surface area contributed by atoms with Crippen molar-refractivity contribution in [1.29, 1.82) is 0 Å². The highest BCUT2D eigenvalue weighted by atomic mass is 16.6. The molecule has 1 aliphatic carbocycles. The van der Waals surface area contributed by atoms with E-state index in [-0.39, 0.29) is 11.4 Å². The van der Waals surface area contributed by atoms with Crippen molar-refractivity contribution in [2.75, 3.05) is 7.11 Å². The third kappa shape index (κ3) is 2.31. The summed E-state index contributed by atoms with van der Waals surface area (Å²) in [6.45, 7) is 0.310. The second kappa shape index (κ2) is 5.72. The summed E-state index contributed by atoms with van der Waals surface area (Å²) < 4.78 is 6.69. The van der Waals surface area contributed by atoms with Crippen molar-refractivity contribution in [3.8, 4) is 11.4 Å². The average Bonchev–Trinajstić information content (AvgIpc) is 2.88. The van der Waals surface area contributed by atoms with Gasteiger partial charge in [0.2, 0.25) is 0 Å². The van der Waals surface area contributed by atoms with Crippen molar-refractivity contribution in [2.45, 2.75) is 31.7 Å². The molecule has 0 amide bonds. The fourth-order valence-corrected chi connectivity index (χ4v) is 2.70. The molecule has 1 aliphatic rings. The van der Waals surface area contributed by atoms with E-state index in [9.17, 15) is 10.1 Å². The van der Waals surface area contributed by atoms with Gasteiger partial charge in [-0.25, -0.2) is 4.68 Å². The summed E-state index contributed by atoms with van der Waals surface area (Å²) in [5.74, 6) is 0.591. The van der Waals surface area contributed by atoms with Crippen LogP contribution < -0.4 is 10.5 Å². The van der Waals surface area contributed by atoms with E-state index in [1.54, 1.807) is 16.8 Å². The Balaban J connectivity index is 2.09. The molecule has 8 heteroatoms. The molecule has 116 valence electrons. The Bertz CT molecular complexity index is 708. The van der Waals surface area contributed by atoms with E-state index in [0.717, 1.165) is 24.2 Å². The van der Waals surface area contributed by atoms with E-state index in [1.165, 1.54) is 19.6 Å². The second-order valence-corrected chi connectivity index (χ2v) is 5.28. The van der Waals surface area contributed by atoms with Crippen LogP contribution in [-0.2, 0) is 6.54 Å². The number of nitrogens with zero attached hydrogens (tertiary/aromatic N) is 4. The molecule has 1 saturated carbocycles. The number of nitro groups is 1. The van der Waals surface area contributed by atoms with Crippen molar-refractivity contribution < 1.29 is 9.66 Å². The maximum absolute atomic E-state index is 11.2. The van der Waals surface area contributed by atoms with E-state index >= 15 is 0 Å². The quantitative estimate of drug-likeness (QED) is 0.667. The van der Waals surface area contributed by atoms with Crippen LogP contribution in [-0.4, -0.2) is 27.0 Å². The van der Waals surface area contributed by atoms with Gasteiger partial charge in [-0.1, -0.05) is 11.6 Å². The molecule has 1 aromatic heterocycles. The Labute approximate surface area is 127 Å². The predicted molar refractivity (Wildman–Crippen MR) is 79.0 cm³/mol. The van der Waals surface area contributed by atoms with Gasteiger partial charge in [-0.05, 0) is 25.0 Å². The Morgan fingerprint density at radius 2 is 2.27 bits per heavy atom.